The summed E-state index contributed by atoms with van der Waals surface area (Å²) < 4.78 is 4.41. The Kier molecular flexibility index (Phi) is 5.10. The monoisotopic (exact) mass is 477 g/mol. The zero-order valence-corrected chi connectivity index (χ0v) is 20.0. The molecule has 0 spiro atoms. The van der Waals surface area contributed by atoms with Crippen molar-refractivity contribution in [2.45, 2.75) is 5.92 Å². The van der Waals surface area contributed by atoms with E-state index in [0.29, 0.717) is 0 Å². The highest BCUT2D eigenvalue weighted by Crippen LogP contribution is 2.36. The van der Waals surface area contributed by atoms with Crippen LogP contribution in [0.1, 0.15) is 11.7 Å². The van der Waals surface area contributed by atoms with E-state index >= 15 is 0 Å². The molecule has 1 aliphatic carbocycles. The number of imidazole rings is 1. The molecule has 1 aliphatic rings. The molecule has 0 bridgehead atoms. The predicted octanol–water partition coefficient (Wildman–Crippen LogP) is 7.15. The minimum absolute atomic E-state index is 0.0718. The third-order valence-corrected chi connectivity index (χ3v) is 6.73. The fourth-order valence-corrected chi connectivity index (χ4v) is 5.03. The number of nitrogens with zero attached hydrogens (tertiary/aromatic N) is 5. The molecule has 5 nitrogen and oxygen atoms in total. The first-order chi connectivity index (χ1) is 18.4. The van der Waals surface area contributed by atoms with Crippen LogP contribution < -0.4 is 0 Å². The molecule has 7 rings (SSSR count). The lowest BCUT2D eigenvalue weighted by atomic mass is 10.1. The summed E-state index contributed by atoms with van der Waals surface area (Å²) in [4.78, 5) is 5.04. The first-order valence-electron chi connectivity index (χ1n) is 12.4. The van der Waals surface area contributed by atoms with Crippen LogP contribution in [0, 0.1) is 0 Å². The van der Waals surface area contributed by atoms with Crippen LogP contribution in [0.4, 0.5) is 0 Å². The molecule has 0 fully saturated rings. The molecule has 0 N–H and O–H groups in total. The third kappa shape index (κ3) is 3.60. The molecule has 4 aromatic carbocycles. The summed E-state index contributed by atoms with van der Waals surface area (Å²) in [7, 11) is 0. The maximum Gasteiger partial charge on any atom is 0.170 e. The van der Waals surface area contributed by atoms with E-state index in [1.54, 1.807) is 0 Å². The quantitative estimate of drug-likeness (QED) is 0.265. The van der Waals surface area contributed by atoms with Gasteiger partial charge in [-0.2, -0.15) is 0 Å². The van der Waals surface area contributed by atoms with Gasteiger partial charge in [0.2, 0.25) is 0 Å². The average molecular weight is 478 g/mol. The summed E-state index contributed by atoms with van der Waals surface area (Å²) >= 11 is 0. The molecule has 0 saturated heterocycles. The molecule has 0 radical (unpaired) electrons. The van der Waals surface area contributed by atoms with Crippen molar-refractivity contribution < 1.29 is 0 Å². The molecule has 2 aromatic heterocycles. The summed E-state index contributed by atoms with van der Waals surface area (Å²) in [6, 6.07) is 37.3. The van der Waals surface area contributed by atoms with Crippen LogP contribution in [-0.4, -0.2) is 24.3 Å². The number of hydrogen-bond acceptors (Lipinski definition) is 3. The number of fused-ring (bicyclic) bond motifs is 1. The van der Waals surface area contributed by atoms with Crippen molar-refractivity contribution in [3.8, 4) is 34.2 Å². The van der Waals surface area contributed by atoms with E-state index in [-0.39, 0.29) is 5.92 Å². The molecule has 6 aromatic rings. The summed E-state index contributed by atoms with van der Waals surface area (Å²) in [6.45, 7) is 0. The molecule has 0 aliphatic heterocycles. The molecule has 37 heavy (non-hydrogen) atoms. The molecule has 0 saturated carbocycles. The zero-order valence-electron chi connectivity index (χ0n) is 20.0. The Morgan fingerprint density at radius 1 is 0.568 bits per heavy atom. The van der Waals surface area contributed by atoms with Gasteiger partial charge in [-0.25, -0.2) is 4.98 Å². The highest BCUT2D eigenvalue weighted by molar-refractivity contribution is 5.86. The van der Waals surface area contributed by atoms with Crippen molar-refractivity contribution in [3.05, 3.63) is 139 Å². The normalized spacial score (nSPS) is 13.1. The Morgan fingerprint density at radius 2 is 1.24 bits per heavy atom. The summed E-state index contributed by atoms with van der Waals surface area (Å²) in [6.07, 6.45) is 8.42. The topological polar surface area (TPSA) is 48.5 Å². The second-order valence-corrected chi connectivity index (χ2v) is 8.99. The Morgan fingerprint density at radius 3 is 2.05 bits per heavy atom. The lowest BCUT2D eigenvalue weighted by Gasteiger charge is -2.17. The van der Waals surface area contributed by atoms with Crippen LogP contribution in [0.3, 0.4) is 0 Å². The number of benzene rings is 4. The maximum atomic E-state index is 5.04. The zero-order chi connectivity index (χ0) is 24.6. The van der Waals surface area contributed by atoms with Crippen molar-refractivity contribution >= 4 is 11.0 Å². The number of aromatic nitrogens is 5. The van der Waals surface area contributed by atoms with Gasteiger partial charge in [0.15, 0.2) is 5.82 Å². The summed E-state index contributed by atoms with van der Waals surface area (Å²) in [5, 5.41) is 9.47. The Balaban J connectivity index is 1.51. The Hall–Kier alpha value is -5.03. The second-order valence-electron chi connectivity index (χ2n) is 8.99. The van der Waals surface area contributed by atoms with Crippen molar-refractivity contribution in [1.82, 2.24) is 24.3 Å². The number of allylic oxidation sites excluding steroid dienone is 4. The number of hydrogen-bond donors (Lipinski definition) is 0. The molecule has 2 heterocycles. The van der Waals surface area contributed by atoms with Crippen molar-refractivity contribution in [2.75, 3.05) is 0 Å². The molecule has 0 unspecified atom stereocenters. The number of rotatable bonds is 5. The van der Waals surface area contributed by atoms with E-state index in [2.05, 4.69) is 100 Å². The largest absolute Gasteiger partial charge is 0.292 e. The minimum atomic E-state index is 0.0718. The summed E-state index contributed by atoms with van der Waals surface area (Å²) in [5.41, 5.74) is 6.06. The van der Waals surface area contributed by atoms with Gasteiger partial charge in [-0.15, -0.1) is 10.2 Å². The molecule has 0 amide bonds. The SMILES string of the molecule is C1=CC(c2nnc(-c3ccccc3-n3c(-c4ccccc4)nc4ccccc43)n2-c2ccccc2)C=C1. The van der Waals surface area contributed by atoms with Gasteiger partial charge in [-0.1, -0.05) is 97.1 Å². The van der Waals surface area contributed by atoms with Crippen molar-refractivity contribution in [3.63, 3.8) is 0 Å². The van der Waals surface area contributed by atoms with Gasteiger partial charge in [-0.05, 0) is 36.4 Å². The average Bonchev–Trinajstić information content (AvgIpc) is 3.72. The molecule has 0 atom stereocenters. The van der Waals surface area contributed by atoms with E-state index in [1.807, 2.05) is 42.5 Å². The molecule has 176 valence electrons. The first kappa shape index (κ1) is 21.3. The Labute approximate surface area is 214 Å². The minimum Gasteiger partial charge on any atom is -0.292 e. The van der Waals surface area contributed by atoms with Gasteiger partial charge < -0.3 is 0 Å². The van der Waals surface area contributed by atoms with E-state index < -0.39 is 0 Å². The van der Waals surface area contributed by atoms with Crippen LogP contribution in [-0.2, 0) is 0 Å². The second kappa shape index (κ2) is 8.88. The van der Waals surface area contributed by atoms with E-state index in [4.69, 9.17) is 15.2 Å². The van der Waals surface area contributed by atoms with Crippen molar-refractivity contribution in [1.29, 1.82) is 0 Å². The van der Waals surface area contributed by atoms with Gasteiger partial charge >= 0.3 is 0 Å². The number of para-hydroxylation sites is 4. The highest BCUT2D eigenvalue weighted by Gasteiger charge is 2.24. The van der Waals surface area contributed by atoms with Crippen LogP contribution in [0.5, 0.6) is 0 Å². The summed E-state index contributed by atoms with van der Waals surface area (Å²) in [5.74, 6) is 2.64. The Bertz CT molecular complexity index is 1760. The highest BCUT2D eigenvalue weighted by atomic mass is 15.3. The molecule has 5 heteroatoms. The van der Waals surface area contributed by atoms with E-state index in [9.17, 15) is 0 Å². The standard InChI is InChI=1S/C32H23N5/c1-3-13-23(14-4-1)30-33-27-20-10-12-22-29(27)37(30)28-21-11-9-19-26(28)32-35-34-31(24-15-7-8-16-24)36(32)25-17-5-2-6-18-25/h1-22,24H. The van der Waals surface area contributed by atoms with Gasteiger partial charge in [0.05, 0.1) is 22.6 Å². The lowest BCUT2D eigenvalue weighted by Crippen LogP contribution is -2.07. The van der Waals surface area contributed by atoms with Gasteiger partial charge in [0.25, 0.3) is 0 Å². The van der Waals surface area contributed by atoms with E-state index in [0.717, 1.165) is 51.0 Å². The van der Waals surface area contributed by atoms with Crippen LogP contribution >= 0.6 is 0 Å². The predicted molar refractivity (Wildman–Crippen MR) is 148 cm³/mol. The lowest BCUT2D eigenvalue weighted by molar-refractivity contribution is 0.864. The van der Waals surface area contributed by atoms with Gasteiger partial charge in [-0.3, -0.25) is 9.13 Å². The smallest absolute Gasteiger partial charge is 0.170 e. The fraction of sp³-hybridized carbons (Fsp3) is 0.0312. The van der Waals surface area contributed by atoms with Crippen LogP contribution in [0.2, 0.25) is 0 Å². The van der Waals surface area contributed by atoms with E-state index in [1.165, 1.54) is 0 Å². The van der Waals surface area contributed by atoms with Crippen molar-refractivity contribution in [2.24, 2.45) is 0 Å². The molecular weight excluding hydrogens is 454 g/mol. The van der Waals surface area contributed by atoms with Crippen LogP contribution in [0.15, 0.2) is 133 Å². The van der Waals surface area contributed by atoms with Gasteiger partial charge in [0.1, 0.15) is 11.6 Å². The maximum absolute atomic E-state index is 5.04. The van der Waals surface area contributed by atoms with Gasteiger partial charge in [0, 0.05) is 16.8 Å². The fourth-order valence-electron chi connectivity index (χ4n) is 5.03. The third-order valence-electron chi connectivity index (χ3n) is 6.73. The van der Waals surface area contributed by atoms with Crippen LogP contribution in [0.25, 0.3) is 45.2 Å². The first-order valence-corrected chi connectivity index (χ1v) is 12.4. The molecular formula is C32H23N5.